The number of rotatable bonds is 2. The van der Waals surface area contributed by atoms with Gasteiger partial charge in [0.15, 0.2) is 0 Å². The van der Waals surface area contributed by atoms with Crippen molar-refractivity contribution in [1.82, 2.24) is 0 Å². The molecule has 2 aromatic rings. The van der Waals surface area contributed by atoms with Crippen LogP contribution in [0.3, 0.4) is 0 Å². The van der Waals surface area contributed by atoms with Crippen LogP contribution in [0.5, 0.6) is 0 Å². The molecule has 1 heterocycles. The van der Waals surface area contributed by atoms with Crippen LogP contribution in [0.15, 0.2) is 53.4 Å². The summed E-state index contributed by atoms with van der Waals surface area (Å²) in [6, 6.07) is 13.8. The molecular weight excluding hydrogens is 248 g/mol. The number of non-ortho nitro benzene ring substituents is 1. The van der Waals surface area contributed by atoms with Gasteiger partial charge in [0.05, 0.1) is 6.29 Å². The lowest BCUT2D eigenvalue weighted by molar-refractivity contribution is -0.384. The molecule has 0 saturated carbocycles. The van der Waals surface area contributed by atoms with Crippen LogP contribution < -0.4 is 5.32 Å². The summed E-state index contributed by atoms with van der Waals surface area (Å²) in [5.74, 6) is 0. The van der Waals surface area contributed by atoms with E-state index in [1.54, 1.807) is 12.1 Å². The van der Waals surface area contributed by atoms with Crippen molar-refractivity contribution in [3.05, 3.63) is 64.2 Å². The zero-order valence-corrected chi connectivity index (χ0v) is 10.1. The highest BCUT2D eigenvalue weighted by molar-refractivity contribution is 8.00. The minimum Gasteiger partial charge on any atom is -0.368 e. The number of fused-ring (bicyclic) bond motifs is 1. The van der Waals surface area contributed by atoms with E-state index in [2.05, 4.69) is 5.32 Å². The molecular formula is C13H10N2O2S. The van der Waals surface area contributed by atoms with Gasteiger partial charge in [-0.05, 0) is 29.8 Å². The van der Waals surface area contributed by atoms with Crippen LogP contribution in [0.25, 0.3) is 0 Å². The van der Waals surface area contributed by atoms with Crippen molar-refractivity contribution in [2.75, 3.05) is 5.32 Å². The minimum absolute atomic E-state index is 0.0351. The first-order chi connectivity index (χ1) is 9.08. The number of para-hydroxylation sites is 1. The van der Waals surface area contributed by atoms with E-state index in [0.29, 0.717) is 5.56 Å². The van der Waals surface area contributed by atoms with Crippen molar-refractivity contribution in [3.63, 3.8) is 0 Å². The monoisotopic (exact) mass is 259 g/mol. The Morgan fingerprint density at radius 1 is 1.22 bits per heavy atom. The van der Waals surface area contributed by atoms with Crippen molar-refractivity contribution >= 4 is 23.1 Å². The summed E-state index contributed by atoms with van der Waals surface area (Å²) in [6.45, 7) is 0. The number of nitrogens with zero attached hydrogens (tertiary/aromatic N) is 1. The Balaban J connectivity index is 1.93. The molecule has 1 unspecified atom stereocenters. The molecule has 1 aliphatic rings. The van der Waals surface area contributed by atoms with Gasteiger partial charge in [-0.25, -0.2) is 0 Å². The number of hydrogen-bond donors (Lipinski definition) is 1. The predicted molar refractivity (Wildman–Crippen MR) is 71.8 cm³/mol. The van der Waals surface area contributed by atoms with Gasteiger partial charge >= 0.3 is 0 Å². The van der Waals surface area contributed by atoms with E-state index in [-0.39, 0.29) is 5.69 Å². The lowest BCUT2D eigenvalue weighted by atomic mass is 10.2. The largest absolute Gasteiger partial charge is 0.368 e. The molecule has 0 fully saturated rings. The predicted octanol–water partition coefficient (Wildman–Crippen LogP) is 3.81. The maximum atomic E-state index is 10.6. The Hall–Kier alpha value is -2.01. The third-order valence-corrected chi connectivity index (χ3v) is 3.81. The molecule has 0 amide bonds. The smallest absolute Gasteiger partial charge is 0.269 e. The summed E-state index contributed by atoms with van der Waals surface area (Å²) in [4.78, 5) is 11.2. The van der Waals surface area contributed by atoms with Crippen molar-refractivity contribution in [2.45, 2.75) is 10.2 Å². The van der Waals surface area contributed by atoms with E-state index < -0.39 is 10.3 Å². The highest BCUT2D eigenvalue weighted by Gasteiger charge is 2.22. The third-order valence-electron chi connectivity index (χ3n) is 2.69. The molecule has 3 rings (SSSR count). The zero-order valence-electron chi connectivity index (χ0n) is 10.3. The highest BCUT2D eigenvalue weighted by Crippen LogP contribution is 2.46. The van der Waals surface area contributed by atoms with Crippen molar-refractivity contribution in [3.8, 4) is 0 Å². The number of nitrogens with one attached hydrogen (secondary N) is 1. The third kappa shape index (κ3) is 1.93. The maximum Gasteiger partial charge on any atom is 0.269 e. The normalized spacial score (nSPS) is 21.9. The Morgan fingerprint density at radius 3 is 2.61 bits per heavy atom. The molecule has 0 saturated heterocycles. The maximum absolute atomic E-state index is 10.6. The number of anilines is 1. The first-order valence-electron chi connectivity index (χ1n) is 5.90. The first kappa shape index (κ1) is 9.96. The molecule has 1 atom stereocenters. The molecule has 18 heavy (non-hydrogen) atoms. The van der Waals surface area contributed by atoms with Gasteiger partial charge in [0.2, 0.25) is 0 Å². The molecule has 4 nitrogen and oxygen atoms in total. The number of nitro benzene ring substituents is 1. The molecule has 0 aromatic heterocycles. The van der Waals surface area contributed by atoms with Crippen LogP contribution in [-0.2, 0) is 0 Å². The fraction of sp³-hybridized carbons (Fsp3) is 0.0769. The molecule has 0 radical (unpaired) electrons. The summed E-state index contributed by atoms with van der Waals surface area (Å²) >= 11 is 1.39. The second-order valence-electron chi connectivity index (χ2n) is 3.86. The average Bonchev–Trinajstić information content (AvgIpc) is 2.76. The standard InChI is InChI=1S/C13H10N2O2S/c16-15(17)10-7-5-9(6-8-10)13-14-11-3-1-2-4-12(11)18-13/h1-8,13-14H/i13D. The summed E-state index contributed by atoms with van der Waals surface area (Å²) in [6.07, 6.45) is 0. The average molecular weight is 259 g/mol. The van der Waals surface area contributed by atoms with Crippen molar-refractivity contribution < 1.29 is 6.29 Å². The van der Waals surface area contributed by atoms with Crippen LogP contribution in [0.1, 0.15) is 12.3 Å². The van der Waals surface area contributed by atoms with Gasteiger partial charge in [-0.1, -0.05) is 23.9 Å². The quantitative estimate of drug-likeness (QED) is 0.658. The summed E-state index contributed by atoms with van der Waals surface area (Å²) in [5.41, 5.74) is 1.65. The van der Waals surface area contributed by atoms with Gasteiger partial charge in [-0.3, -0.25) is 10.1 Å². The van der Waals surface area contributed by atoms with E-state index in [1.807, 2.05) is 24.3 Å². The summed E-state index contributed by atoms with van der Waals surface area (Å²) in [7, 11) is 0. The Morgan fingerprint density at radius 2 is 1.94 bits per heavy atom. The van der Waals surface area contributed by atoms with Gasteiger partial charge in [0.25, 0.3) is 5.69 Å². The van der Waals surface area contributed by atoms with E-state index in [0.717, 1.165) is 10.6 Å². The van der Waals surface area contributed by atoms with Gasteiger partial charge in [-0.2, -0.15) is 0 Å². The molecule has 0 bridgehead atoms. The molecule has 1 N–H and O–H groups in total. The Labute approximate surface area is 110 Å². The summed E-state index contributed by atoms with van der Waals surface area (Å²) < 4.78 is 8.47. The molecule has 90 valence electrons. The molecule has 2 aromatic carbocycles. The van der Waals surface area contributed by atoms with Gasteiger partial charge in [0, 0.05) is 22.7 Å². The van der Waals surface area contributed by atoms with E-state index in [9.17, 15) is 10.1 Å². The number of nitro groups is 1. The second kappa shape index (κ2) is 4.34. The topological polar surface area (TPSA) is 55.2 Å². The number of hydrogen-bond acceptors (Lipinski definition) is 4. The van der Waals surface area contributed by atoms with Crippen molar-refractivity contribution in [2.24, 2.45) is 0 Å². The minimum atomic E-state index is -1.03. The van der Waals surface area contributed by atoms with Gasteiger partial charge < -0.3 is 5.32 Å². The second-order valence-corrected chi connectivity index (χ2v) is 4.91. The fourth-order valence-corrected chi connectivity index (χ4v) is 2.79. The van der Waals surface area contributed by atoms with Crippen LogP contribution >= 0.6 is 11.8 Å². The molecule has 0 aliphatic carbocycles. The number of benzene rings is 2. The molecule has 0 spiro atoms. The Kier molecular flexibility index (Phi) is 2.40. The van der Waals surface area contributed by atoms with Gasteiger partial charge in [0.1, 0.15) is 5.35 Å². The molecule has 5 heteroatoms. The van der Waals surface area contributed by atoms with Crippen molar-refractivity contribution in [1.29, 1.82) is 0 Å². The number of thioether (sulfide) groups is 1. The van der Waals surface area contributed by atoms with Crippen LogP contribution in [0, 0.1) is 10.1 Å². The van der Waals surface area contributed by atoms with Crippen LogP contribution in [0.2, 0.25) is 0 Å². The van der Waals surface area contributed by atoms with E-state index in [1.165, 1.54) is 23.9 Å². The Bertz CT molecular complexity index is 620. The van der Waals surface area contributed by atoms with E-state index in [4.69, 9.17) is 1.37 Å². The van der Waals surface area contributed by atoms with Gasteiger partial charge in [-0.15, -0.1) is 0 Å². The first-order valence-corrected chi connectivity index (χ1v) is 6.21. The SMILES string of the molecule is [2H]C1(c2ccc([N+](=O)[O-])cc2)Nc2ccccc2S1. The fourth-order valence-electron chi connectivity index (χ4n) is 1.78. The van der Waals surface area contributed by atoms with Crippen LogP contribution in [-0.4, -0.2) is 4.92 Å². The lowest BCUT2D eigenvalue weighted by Gasteiger charge is -2.10. The lowest BCUT2D eigenvalue weighted by Crippen LogP contribution is -2.01. The molecule has 1 aliphatic heterocycles. The van der Waals surface area contributed by atoms with E-state index >= 15 is 0 Å². The highest BCUT2D eigenvalue weighted by atomic mass is 32.2. The summed E-state index contributed by atoms with van der Waals surface area (Å²) in [5, 5.41) is 12.7. The zero-order chi connectivity index (χ0) is 13.5. The van der Waals surface area contributed by atoms with Crippen LogP contribution in [0.4, 0.5) is 11.4 Å².